The molecule has 0 aliphatic carbocycles. The van der Waals surface area contributed by atoms with E-state index in [0.29, 0.717) is 24.5 Å². The van der Waals surface area contributed by atoms with Crippen LogP contribution in [0.1, 0.15) is 17.5 Å². The summed E-state index contributed by atoms with van der Waals surface area (Å²) in [5.74, 6) is 0.464. The van der Waals surface area contributed by atoms with E-state index in [1.807, 2.05) is 66.9 Å². The van der Waals surface area contributed by atoms with Crippen LogP contribution >= 0.6 is 0 Å². The summed E-state index contributed by atoms with van der Waals surface area (Å²) >= 11 is 0. The van der Waals surface area contributed by atoms with Gasteiger partial charge in [0.1, 0.15) is 18.1 Å². The topological polar surface area (TPSA) is 94.5 Å². The highest BCUT2D eigenvalue weighted by Gasteiger charge is 2.08. The molecular weight excluding hydrogens is 444 g/mol. The molecule has 0 spiro atoms. The highest BCUT2D eigenvalue weighted by atomic mass is 16.5. The molecular formula is C27H26N4O4. The highest BCUT2D eigenvalue weighted by molar-refractivity contribution is 5.82. The standard InChI is InChI=1S/C27H26N4O4/c32-26(16-11-22-17-28-31(18-22)23-9-5-2-6-10-23)29-30-27(33)20-35-25-14-12-24(13-15-25)34-19-21-7-3-1-4-8-21/h1-10,12-15,17-18H,11,16,19-20H2,(H,29,32)(H,30,33). The predicted octanol–water partition coefficient (Wildman–Crippen LogP) is 3.61. The maximum atomic E-state index is 12.1. The van der Waals surface area contributed by atoms with Gasteiger partial charge in [0, 0.05) is 12.6 Å². The van der Waals surface area contributed by atoms with Crippen molar-refractivity contribution in [1.82, 2.24) is 20.6 Å². The molecule has 3 aromatic carbocycles. The van der Waals surface area contributed by atoms with Crippen molar-refractivity contribution in [1.29, 1.82) is 0 Å². The van der Waals surface area contributed by atoms with E-state index in [4.69, 9.17) is 9.47 Å². The Hall–Kier alpha value is -4.59. The first-order chi connectivity index (χ1) is 17.2. The van der Waals surface area contributed by atoms with Crippen molar-refractivity contribution in [3.8, 4) is 17.2 Å². The molecule has 8 nitrogen and oxygen atoms in total. The third-order valence-electron chi connectivity index (χ3n) is 5.08. The number of nitrogens with one attached hydrogen (secondary N) is 2. The van der Waals surface area contributed by atoms with Gasteiger partial charge in [-0.15, -0.1) is 0 Å². The van der Waals surface area contributed by atoms with Crippen LogP contribution in [0.5, 0.6) is 11.5 Å². The number of hydrazine groups is 1. The Bertz CT molecular complexity index is 1230. The van der Waals surface area contributed by atoms with E-state index in [0.717, 1.165) is 16.8 Å². The number of para-hydroxylation sites is 1. The van der Waals surface area contributed by atoms with Crippen molar-refractivity contribution in [3.63, 3.8) is 0 Å². The van der Waals surface area contributed by atoms with Gasteiger partial charge in [0.05, 0.1) is 11.9 Å². The number of aryl methyl sites for hydroxylation is 1. The average molecular weight is 471 g/mol. The van der Waals surface area contributed by atoms with E-state index in [9.17, 15) is 9.59 Å². The third kappa shape index (κ3) is 7.46. The summed E-state index contributed by atoms with van der Waals surface area (Å²) < 4.78 is 12.9. The van der Waals surface area contributed by atoms with Crippen molar-refractivity contribution in [2.24, 2.45) is 0 Å². The van der Waals surface area contributed by atoms with Crippen LogP contribution in [0.3, 0.4) is 0 Å². The van der Waals surface area contributed by atoms with Crippen molar-refractivity contribution in [2.45, 2.75) is 19.4 Å². The molecule has 8 heteroatoms. The number of aromatic nitrogens is 2. The van der Waals surface area contributed by atoms with Gasteiger partial charge < -0.3 is 9.47 Å². The minimum Gasteiger partial charge on any atom is -0.489 e. The van der Waals surface area contributed by atoms with Crippen LogP contribution in [0.4, 0.5) is 0 Å². The summed E-state index contributed by atoms with van der Waals surface area (Å²) in [6.45, 7) is 0.243. The molecule has 0 radical (unpaired) electrons. The number of hydrogen-bond acceptors (Lipinski definition) is 5. The number of ether oxygens (including phenoxy) is 2. The number of nitrogens with zero attached hydrogens (tertiary/aromatic N) is 2. The minimum atomic E-state index is -0.459. The number of benzene rings is 3. The summed E-state index contributed by atoms with van der Waals surface area (Å²) in [6.07, 6.45) is 4.33. The zero-order valence-electron chi connectivity index (χ0n) is 19.1. The van der Waals surface area contributed by atoms with Gasteiger partial charge in [-0.2, -0.15) is 5.10 Å². The monoisotopic (exact) mass is 470 g/mol. The molecule has 2 N–H and O–H groups in total. The van der Waals surface area contributed by atoms with E-state index in [1.54, 1.807) is 35.1 Å². The molecule has 0 saturated carbocycles. The maximum absolute atomic E-state index is 12.1. The molecule has 0 fully saturated rings. The molecule has 0 bridgehead atoms. The molecule has 1 heterocycles. The van der Waals surface area contributed by atoms with Gasteiger partial charge in [-0.1, -0.05) is 48.5 Å². The van der Waals surface area contributed by atoms with Crippen molar-refractivity contribution < 1.29 is 19.1 Å². The molecule has 0 unspecified atom stereocenters. The molecule has 0 aliphatic rings. The third-order valence-corrected chi connectivity index (χ3v) is 5.08. The quantitative estimate of drug-likeness (QED) is 0.345. The molecule has 1 aromatic heterocycles. The van der Waals surface area contributed by atoms with E-state index < -0.39 is 5.91 Å². The van der Waals surface area contributed by atoms with Gasteiger partial charge in [-0.25, -0.2) is 4.68 Å². The predicted molar refractivity (Wildman–Crippen MR) is 131 cm³/mol. The molecule has 4 rings (SSSR count). The number of amides is 2. The summed E-state index contributed by atoms with van der Waals surface area (Å²) in [4.78, 5) is 24.1. The Morgan fingerprint density at radius 2 is 1.37 bits per heavy atom. The number of carbonyl (C=O) groups is 2. The van der Waals surface area contributed by atoms with Crippen LogP contribution in [-0.2, 0) is 22.6 Å². The van der Waals surface area contributed by atoms with Crippen LogP contribution in [0.15, 0.2) is 97.3 Å². The fourth-order valence-corrected chi connectivity index (χ4v) is 3.23. The molecule has 0 aliphatic heterocycles. The minimum absolute atomic E-state index is 0.214. The van der Waals surface area contributed by atoms with E-state index in [-0.39, 0.29) is 18.9 Å². The lowest BCUT2D eigenvalue weighted by Crippen LogP contribution is -2.43. The maximum Gasteiger partial charge on any atom is 0.276 e. The normalized spacial score (nSPS) is 10.4. The Morgan fingerprint density at radius 1 is 0.743 bits per heavy atom. The summed E-state index contributed by atoms with van der Waals surface area (Å²) in [6, 6.07) is 26.6. The number of rotatable bonds is 10. The second-order valence-electron chi connectivity index (χ2n) is 7.76. The lowest BCUT2D eigenvalue weighted by atomic mass is 10.2. The summed E-state index contributed by atoms with van der Waals surface area (Å²) in [7, 11) is 0. The van der Waals surface area contributed by atoms with E-state index in [1.165, 1.54) is 0 Å². The number of hydrogen-bond donors (Lipinski definition) is 2. The smallest absolute Gasteiger partial charge is 0.276 e. The van der Waals surface area contributed by atoms with E-state index >= 15 is 0 Å². The van der Waals surface area contributed by atoms with Crippen molar-refractivity contribution in [2.75, 3.05) is 6.61 Å². The fourth-order valence-electron chi connectivity index (χ4n) is 3.23. The van der Waals surface area contributed by atoms with Gasteiger partial charge in [-0.05, 0) is 53.9 Å². The molecule has 35 heavy (non-hydrogen) atoms. The van der Waals surface area contributed by atoms with Crippen LogP contribution in [0.25, 0.3) is 5.69 Å². The zero-order valence-corrected chi connectivity index (χ0v) is 19.1. The zero-order chi connectivity index (χ0) is 24.3. The molecule has 4 aromatic rings. The lowest BCUT2D eigenvalue weighted by molar-refractivity contribution is -0.130. The van der Waals surface area contributed by atoms with Crippen molar-refractivity contribution >= 4 is 11.8 Å². The fraction of sp³-hybridized carbons (Fsp3) is 0.148. The van der Waals surface area contributed by atoms with Crippen LogP contribution in [0, 0.1) is 0 Å². The van der Waals surface area contributed by atoms with Crippen molar-refractivity contribution in [3.05, 3.63) is 108 Å². The molecule has 178 valence electrons. The first-order valence-corrected chi connectivity index (χ1v) is 11.2. The van der Waals surface area contributed by atoms with E-state index in [2.05, 4.69) is 16.0 Å². The van der Waals surface area contributed by atoms with Gasteiger partial charge in [0.15, 0.2) is 6.61 Å². The lowest BCUT2D eigenvalue weighted by Gasteiger charge is -2.10. The second kappa shape index (κ2) is 12.0. The SMILES string of the molecule is O=C(CCc1cnn(-c2ccccc2)c1)NNC(=O)COc1ccc(OCc2ccccc2)cc1. The largest absolute Gasteiger partial charge is 0.489 e. The van der Waals surface area contributed by atoms with Crippen LogP contribution in [-0.4, -0.2) is 28.2 Å². The molecule has 2 amide bonds. The van der Waals surface area contributed by atoms with Crippen LogP contribution in [0.2, 0.25) is 0 Å². The van der Waals surface area contributed by atoms with Gasteiger partial charge in [0.25, 0.3) is 5.91 Å². The Balaban J connectivity index is 1.12. The first-order valence-electron chi connectivity index (χ1n) is 11.2. The first kappa shape index (κ1) is 23.6. The van der Waals surface area contributed by atoms with Gasteiger partial charge in [0.2, 0.25) is 5.91 Å². The summed E-state index contributed by atoms with van der Waals surface area (Å²) in [5.41, 5.74) is 7.72. The van der Waals surface area contributed by atoms with Crippen LogP contribution < -0.4 is 20.3 Å². The molecule has 0 saturated heterocycles. The Labute approximate surface area is 203 Å². The number of carbonyl (C=O) groups excluding carboxylic acids is 2. The molecule has 0 atom stereocenters. The Kier molecular flexibility index (Phi) is 8.10. The average Bonchev–Trinajstić information content (AvgIpc) is 3.39. The van der Waals surface area contributed by atoms with Gasteiger partial charge in [-0.3, -0.25) is 20.4 Å². The second-order valence-corrected chi connectivity index (χ2v) is 7.76. The van der Waals surface area contributed by atoms with Gasteiger partial charge >= 0.3 is 0 Å². The Morgan fingerprint density at radius 3 is 2.09 bits per heavy atom. The summed E-state index contributed by atoms with van der Waals surface area (Å²) in [5, 5.41) is 4.31. The highest BCUT2D eigenvalue weighted by Crippen LogP contribution is 2.18.